The topological polar surface area (TPSA) is 89.5 Å². The summed E-state index contributed by atoms with van der Waals surface area (Å²) in [4.78, 5) is 37.2. The molecule has 3 rings (SSSR count). The summed E-state index contributed by atoms with van der Waals surface area (Å²) in [5.41, 5.74) is 1.30. The molecule has 2 aliphatic rings. The van der Waals surface area contributed by atoms with E-state index >= 15 is 0 Å². The Hall–Kier alpha value is -2.54. The van der Waals surface area contributed by atoms with Gasteiger partial charge in [-0.15, -0.1) is 11.8 Å². The third-order valence-electron chi connectivity index (χ3n) is 4.08. The van der Waals surface area contributed by atoms with Crippen molar-refractivity contribution in [3.8, 4) is 0 Å². The largest absolute Gasteiger partial charge is 0.543 e. The number of hydrogen-bond donors (Lipinski definition) is 1. The Balaban J connectivity index is 1.71. The van der Waals surface area contributed by atoms with E-state index in [1.165, 1.54) is 16.7 Å². The van der Waals surface area contributed by atoms with Crippen LogP contribution in [0.15, 0.2) is 53.8 Å². The number of benzene rings is 1. The van der Waals surface area contributed by atoms with Crippen molar-refractivity contribution in [2.24, 2.45) is 0 Å². The number of carbonyl (C=O) groups is 3. The molecule has 1 aromatic rings. The van der Waals surface area contributed by atoms with Crippen molar-refractivity contribution in [1.29, 1.82) is 0 Å². The molecule has 1 aromatic carbocycles. The molecule has 25 heavy (non-hydrogen) atoms. The molecule has 7 heteroatoms. The number of carboxylic acids is 1. The van der Waals surface area contributed by atoms with Crippen LogP contribution in [0.2, 0.25) is 0 Å². The molecule has 0 saturated carbocycles. The van der Waals surface area contributed by atoms with Crippen LogP contribution >= 0.6 is 11.8 Å². The number of β-lactam (4-membered cyclic amide) rings is 1. The fourth-order valence-corrected chi connectivity index (χ4v) is 4.29. The number of thioether (sulfide) groups is 1. The number of hydrogen-bond acceptors (Lipinski definition) is 5. The van der Waals surface area contributed by atoms with E-state index in [0.717, 1.165) is 5.56 Å². The number of allylic oxidation sites excluding steroid dienone is 2. The summed E-state index contributed by atoms with van der Waals surface area (Å²) in [6.45, 7) is 1.78. The number of nitrogens with one attached hydrogen (secondary N) is 1. The molecule has 1 N–H and O–H groups in total. The minimum atomic E-state index is -1.37. The summed E-state index contributed by atoms with van der Waals surface area (Å²) in [6.07, 6.45) is 3.57. The summed E-state index contributed by atoms with van der Waals surface area (Å²) >= 11 is 1.43. The Labute approximate surface area is 149 Å². The Morgan fingerprint density at radius 1 is 1.36 bits per heavy atom. The molecule has 1 saturated heterocycles. The molecule has 0 aromatic heterocycles. The first-order valence-corrected chi connectivity index (χ1v) is 8.93. The number of aliphatic carboxylic acids is 1. The van der Waals surface area contributed by atoms with Gasteiger partial charge in [0, 0.05) is 5.75 Å². The molecular weight excluding hydrogens is 340 g/mol. The lowest BCUT2D eigenvalue weighted by Gasteiger charge is -2.50. The number of rotatable bonds is 5. The lowest BCUT2D eigenvalue weighted by atomic mass is 10.0. The number of fused-ring (bicyclic) bond motifs is 1. The van der Waals surface area contributed by atoms with Gasteiger partial charge in [0.25, 0.3) is 5.91 Å². The summed E-state index contributed by atoms with van der Waals surface area (Å²) in [5, 5.41) is 13.8. The minimum Gasteiger partial charge on any atom is -0.543 e. The molecule has 6 nitrogen and oxygen atoms in total. The summed E-state index contributed by atoms with van der Waals surface area (Å²) in [7, 11) is 0. The van der Waals surface area contributed by atoms with Gasteiger partial charge in [-0.3, -0.25) is 14.5 Å². The highest BCUT2D eigenvalue weighted by Gasteiger charge is 2.52. The monoisotopic (exact) mass is 357 g/mol. The highest BCUT2D eigenvalue weighted by atomic mass is 32.2. The molecule has 0 radical (unpaired) electrons. The second-order valence-electron chi connectivity index (χ2n) is 5.78. The molecule has 2 aliphatic heterocycles. The molecule has 0 aliphatic carbocycles. The van der Waals surface area contributed by atoms with E-state index in [1.807, 2.05) is 30.3 Å². The van der Waals surface area contributed by atoms with Crippen LogP contribution in [-0.4, -0.2) is 39.9 Å². The van der Waals surface area contributed by atoms with E-state index in [1.54, 1.807) is 19.1 Å². The van der Waals surface area contributed by atoms with Crippen LogP contribution < -0.4 is 10.4 Å². The van der Waals surface area contributed by atoms with Crippen molar-refractivity contribution in [2.45, 2.75) is 24.8 Å². The Kier molecular flexibility index (Phi) is 4.94. The fraction of sp³-hybridized carbons (Fsp3) is 0.278. The van der Waals surface area contributed by atoms with E-state index in [2.05, 4.69) is 5.32 Å². The first-order chi connectivity index (χ1) is 12.0. The van der Waals surface area contributed by atoms with E-state index in [4.69, 9.17) is 0 Å². The zero-order chi connectivity index (χ0) is 18.0. The quantitative estimate of drug-likeness (QED) is 0.761. The molecule has 1 fully saturated rings. The molecule has 0 spiro atoms. The van der Waals surface area contributed by atoms with Crippen molar-refractivity contribution in [2.75, 3.05) is 5.75 Å². The third-order valence-corrected chi connectivity index (χ3v) is 5.39. The maximum absolute atomic E-state index is 12.4. The standard InChI is InChI=1S/C18H18N2O4S/c1-2-6-12-10-25-17-14(16(22)20(17)15(12)18(23)24)19-13(21)9-11-7-4-3-5-8-11/h2-8,14,17H,9-10H2,1H3,(H,19,21)(H,23,24)/p-1/b6-2-. The van der Waals surface area contributed by atoms with Crippen LogP contribution in [0.3, 0.4) is 0 Å². The van der Waals surface area contributed by atoms with Gasteiger partial charge >= 0.3 is 0 Å². The van der Waals surface area contributed by atoms with Gasteiger partial charge in [0.15, 0.2) is 0 Å². The smallest absolute Gasteiger partial charge is 0.253 e. The number of carbonyl (C=O) groups excluding carboxylic acids is 3. The molecular formula is C18H17N2O4S-. The predicted molar refractivity (Wildman–Crippen MR) is 92.0 cm³/mol. The zero-order valence-electron chi connectivity index (χ0n) is 13.6. The van der Waals surface area contributed by atoms with Crippen molar-refractivity contribution < 1.29 is 19.5 Å². The van der Waals surface area contributed by atoms with Crippen LogP contribution in [0.5, 0.6) is 0 Å². The number of amides is 2. The fourth-order valence-electron chi connectivity index (χ4n) is 2.97. The number of carboxylic acid groups (broad SMARTS) is 1. The van der Waals surface area contributed by atoms with Crippen LogP contribution in [0.25, 0.3) is 0 Å². The third kappa shape index (κ3) is 3.32. The van der Waals surface area contributed by atoms with Gasteiger partial charge in [0.1, 0.15) is 11.4 Å². The molecule has 2 heterocycles. The molecule has 2 unspecified atom stereocenters. The van der Waals surface area contributed by atoms with Crippen molar-refractivity contribution in [3.63, 3.8) is 0 Å². The van der Waals surface area contributed by atoms with Gasteiger partial charge in [0.05, 0.1) is 18.1 Å². The van der Waals surface area contributed by atoms with Gasteiger partial charge in [-0.25, -0.2) is 0 Å². The van der Waals surface area contributed by atoms with Crippen LogP contribution in [0, 0.1) is 0 Å². The molecule has 130 valence electrons. The van der Waals surface area contributed by atoms with Crippen molar-refractivity contribution >= 4 is 29.5 Å². The Bertz CT molecular complexity index is 773. The average Bonchev–Trinajstić information content (AvgIpc) is 2.60. The van der Waals surface area contributed by atoms with Gasteiger partial charge in [-0.1, -0.05) is 42.5 Å². The van der Waals surface area contributed by atoms with E-state index < -0.39 is 23.3 Å². The lowest BCUT2D eigenvalue weighted by molar-refractivity contribution is -0.301. The first-order valence-electron chi connectivity index (χ1n) is 7.88. The molecule has 0 bridgehead atoms. The number of nitrogens with zero attached hydrogens (tertiary/aromatic N) is 1. The van der Waals surface area contributed by atoms with Crippen LogP contribution in [0.1, 0.15) is 12.5 Å². The van der Waals surface area contributed by atoms with E-state index in [9.17, 15) is 19.5 Å². The van der Waals surface area contributed by atoms with Gasteiger partial charge < -0.3 is 15.2 Å². The van der Waals surface area contributed by atoms with E-state index in [-0.39, 0.29) is 18.0 Å². The molecule has 2 atom stereocenters. The highest BCUT2D eigenvalue weighted by molar-refractivity contribution is 8.00. The normalized spacial score (nSPS) is 22.6. The van der Waals surface area contributed by atoms with E-state index in [0.29, 0.717) is 11.3 Å². The predicted octanol–water partition coefficient (Wildman–Crippen LogP) is 0.209. The van der Waals surface area contributed by atoms with Crippen LogP contribution in [-0.2, 0) is 20.8 Å². The highest BCUT2D eigenvalue weighted by Crippen LogP contribution is 2.40. The summed E-state index contributed by atoms with van der Waals surface area (Å²) in [6, 6.07) is 8.52. The molecule has 2 amide bonds. The van der Waals surface area contributed by atoms with Crippen molar-refractivity contribution in [3.05, 3.63) is 59.3 Å². The summed E-state index contributed by atoms with van der Waals surface area (Å²) < 4.78 is 0. The van der Waals surface area contributed by atoms with Gasteiger partial charge in [0.2, 0.25) is 5.91 Å². The zero-order valence-corrected chi connectivity index (χ0v) is 14.4. The van der Waals surface area contributed by atoms with Crippen LogP contribution in [0.4, 0.5) is 0 Å². The lowest BCUT2D eigenvalue weighted by Crippen LogP contribution is -2.71. The van der Waals surface area contributed by atoms with Crippen molar-refractivity contribution in [1.82, 2.24) is 10.2 Å². The summed E-state index contributed by atoms with van der Waals surface area (Å²) in [5.74, 6) is -1.60. The average molecular weight is 357 g/mol. The minimum absolute atomic E-state index is 0.0968. The Morgan fingerprint density at radius 3 is 2.72 bits per heavy atom. The Morgan fingerprint density at radius 2 is 2.08 bits per heavy atom. The van der Waals surface area contributed by atoms with Gasteiger partial charge in [-0.05, 0) is 18.1 Å². The first kappa shape index (κ1) is 17.3. The maximum Gasteiger partial charge on any atom is 0.253 e. The SMILES string of the molecule is C/C=C\C1=C(C(=O)[O-])N2C(=O)C(NC(=O)Cc3ccccc3)C2SC1. The maximum atomic E-state index is 12.4. The second kappa shape index (κ2) is 7.14. The second-order valence-corrected chi connectivity index (χ2v) is 6.88. The van der Waals surface area contributed by atoms with Gasteiger partial charge in [-0.2, -0.15) is 0 Å².